The van der Waals surface area contributed by atoms with E-state index in [0.29, 0.717) is 40.8 Å². The Morgan fingerprint density at radius 3 is 2.69 bits per heavy atom. The summed E-state index contributed by atoms with van der Waals surface area (Å²) in [6.45, 7) is 5.92. The first kappa shape index (κ1) is 17.3. The second-order valence-electron chi connectivity index (χ2n) is 7.54. The summed E-state index contributed by atoms with van der Waals surface area (Å²) in [7, 11) is -3.64. The molecule has 0 bridgehead atoms. The lowest BCUT2D eigenvalue weighted by atomic mass is 9.76. The van der Waals surface area contributed by atoms with Crippen molar-refractivity contribution in [3.63, 3.8) is 0 Å². The molecule has 0 saturated heterocycles. The molecule has 0 amide bonds. The van der Waals surface area contributed by atoms with Crippen molar-refractivity contribution in [2.75, 3.05) is 4.72 Å². The molecule has 1 aliphatic rings. The van der Waals surface area contributed by atoms with Crippen molar-refractivity contribution >= 4 is 43.8 Å². The summed E-state index contributed by atoms with van der Waals surface area (Å²) < 4.78 is 33.9. The summed E-state index contributed by atoms with van der Waals surface area (Å²) in [5, 5.41) is 2.40. The largest absolute Gasteiger partial charge is 0.460 e. The molecule has 136 valence electrons. The Bertz CT molecular complexity index is 1120. The molecule has 0 unspecified atom stereocenters. The van der Waals surface area contributed by atoms with Crippen molar-refractivity contribution in [1.82, 2.24) is 0 Å². The molecule has 0 spiro atoms. The molecule has 0 aliphatic heterocycles. The number of rotatable bonds is 3. The third-order valence-corrected chi connectivity index (χ3v) is 7.43. The van der Waals surface area contributed by atoms with Crippen molar-refractivity contribution in [1.29, 1.82) is 0 Å². The van der Waals surface area contributed by atoms with Gasteiger partial charge >= 0.3 is 0 Å². The van der Waals surface area contributed by atoms with Gasteiger partial charge in [-0.2, -0.15) is 0 Å². The van der Waals surface area contributed by atoms with Crippen molar-refractivity contribution in [3.8, 4) is 0 Å². The van der Waals surface area contributed by atoms with Gasteiger partial charge in [-0.3, -0.25) is 9.52 Å². The van der Waals surface area contributed by atoms with Crippen molar-refractivity contribution in [2.45, 2.75) is 37.8 Å². The third kappa shape index (κ3) is 2.85. The van der Waals surface area contributed by atoms with E-state index in [1.807, 2.05) is 20.8 Å². The van der Waals surface area contributed by atoms with E-state index in [1.165, 1.54) is 0 Å². The van der Waals surface area contributed by atoms with Gasteiger partial charge in [0, 0.05) is 18.2 Å². The number of fused-ring (bicyclic) bond motifs is 3. The summed E-state index contributed by atoms with van der Waals surface area (Å²) in [4.78, 5) is 12.6. The van der Waals surface area contributed by atoms with Crippen LogP contribution in [0.1, 0.15) is 41.9 Å². The number of benzene rings is 1. The molecule has 3 aromatic rings. The molecule has 4 rings (SSSR count). The SMILES string of the molecule is Cc1cc2oc3c(c2cc1NS(=O)(=O)c1cccs1)C(=O)CC(C)(C)C3. The number of furan rings is 1. The highest BCUT2D eigenvalue weighted by Crippen LogP contribution is 2.41. The van der Waals surface area contributed by atoms with E-state index in [2.05, 4.69) is 4.72 Å². The number of nitrogens with one attached hydrogen (secondary N) is 1. The van der Waals surface area contributed by atoms with E-state index >= 15 is 0 Å². The van der Waals surface area contributed by atoms with Gasteiger partial charge in [0.25, 0.3) is 10.0 Å². The molecule has 5 nitrogen and oxygen atoms in total. The summed E-state index contributed by atoms with van der Waals surface area (Å²) in [6, 6.07) is 6.77. The van der Waals surface area contributed by atoms with Gasteiger partial charge in [0.05, 0.1) is 11.3 Å². The number of hydrogen-bond acceptors (Lipinski definition) is 5. The van der Waals surface area contributed by atoms with Crippen LogP contribution in [-0.4, -0.2) is 14.2 Å². The zero-order valence-corrected chi connectivity index (χ0v) is 16.4. The summed E-state index contributed by atoms with van der Waals surface area (Å²) >= 11 is 1.16. The summed E-state index contributed by atoms with van der Waals surface area (Å²) in [5.74, 6) is 0.741. The van der Waals surface area contributed by atoms with E-state index in [-0.39, 0.29) is 15.4 Å². The Balaban J connectivity index is 1.82. The number of hydrogen-bond donors (Lipinski definition) is 1. The highest BCUT2D eigenvalue weighted by Gasteiger charge is 2.35. The molecule has 0 fully saturated rings. The Morgan fingerprint density at radius 1 is 1.23 bits per heavy atom. The van der Waals surface area contributed by atoms with Gasteiger partial charge in [-0.1, -0.05) is 19.9 Å². The van der Waals surface area contributed by atoms with Crippen LogP contribution < -0.4 is 4.72 Å². The first-order valence-corrected chi connectivity index (χ1v) is 10.7. The number of aryl methyl sites for hydroxylation is 1. The van der Waals surface area contributed by atoms with Crippen molar-refractivity contribution in [2.24, 2.45) is 5.41 Å². The number of thiophene rings is 1. The number of carbonyl (C=O) groups excluding carboxylic acids is 1. The summed E-state index contributed by atoms with van der Waals surface area (Å²) in [5.41, 5.74) is 2.30. The van der Waals surface area contributed by atoms with Crippen LogP contribution in [0, 0.1) is 12.3 Å². The number of Topliss-reactive ketones (excluding diaryl/α,β-unsaturated/α-hetero) is 1. The molecule has 7 heteroatoms. The topological polar surface area (TPSA) is 76.4 Å². The van der Waals surface area contributed by atoms with Gasteiger partial charge in [-0.25, -0.2) is 8.42 Å². The Kier molecular flexibility index (Phi) is 3.79. The Morgan fingerprint density at radius 2 is 2.00 bits per heavy atom. The van der Waals surface area contributed by atoms with E-state index in [4.69, 9.17) is 4.42 Å². The van der Waals surface area contributed by atoms with Gasteiger partial charge in [0.2, 0.25) is 0 Å². The van der Waals surface area contributed by atoms with Crippen LogP contribution in [0.3, 0.4) is 0 Å². The number of sulfonamides is 1. The van der Waals surface area contributed by atoms with E-state index in [9.17, 15) is 13.2 Å². The van der Waals surface area contributed by atoms with Crippen LogP contribution in [0.5, 0.6) is 0 Å². The molecule has 0 radical (unpaired) electrons. The van der Waals surface area contributed by atoms with E-state index < -0.39 is 10.0 Å². The van der Waals surface area contributed by atoms with Gasteiger partial charge < -0.3 is 4.42 Å². The van der Waals surface area contributed by atoms with Gasteiger partial charge in [-0.05, 0) is 41.5 Å². The Hall–Kier alpha value is -2.12. The second-order valence-corrected chi connectivity index (χ2v) is 10.4. The molecule has 1 N–H and O–H groups in total. The molecular weight excluding hydrogens is 370 g/mol. The smallest absolute Gasteiger partial charge is 0.271 e. The highest BCUT2D eigenvalue weighted by atomic mass is 32.2. The molecule has 1 aliphatic carbocycles. The lowest BCUT2D eigenvalue weighted by molar-refractivity contribution is 0.0906. The van der Waals surface area contributed by atoms with Gasteiger partial charge in [-0.15, -0.1) is 11.3 Å². The fourth-order valence-electron chi connectivity index (χ4n) is 3.47. The monoisotopic (exact) mass is 389 g/mol. The quantitative estimate of drug-likeness (QED) is 0.701. The van der Waals surface area contributed by atoms with Crippen molar-refractivity contribution < 1.29 is 17.6 Å². The predicted molar refractivity (Wildman–Crippen MR) is 103 cm³/mol. The van der Waals surface area contributed by atoms with Gasteiger partial charge in [0.15, 0.2) is 5.78 Å². The van der Waals surface area contributed by atoms with Gasteiger partial charge in [0.1, 0.15) is 15.6 Å². The number of carbonyl (C=O) groups is 1. The maximum Gasteiger partial charge on any atom is 0.271 e. The summed E-state index contributed by atoms with van der Waals surface area (Å²) in [6.07, 6.45) is 1.15. The Labute approximate surface area is 156 Å². The molecule has 0 atom stereocenters. The molecule has 0 saturated carbocycles. The zero-order chi connectivity index (χ0) is 18.7. The minimum atomic E-state index is -3.64. The minimum absolute atomic E-state index is 0.0471. The maximum atomic E-state index is 12.6. The van der Waals surface area contributed by atoms with E-state index in [1.54, 1.807) is 29.6 Å². The molecule has 1 aromatic carbocycles. The van der Waals surface area contributed by atoms with Crippen LogP contribution in [-0.2, 0) is 16.4 Å². The molecule has 26 heavy (non-hydrogen) atoms. The third-order valence-electron chi connectivity index (χ3n) is 4.67. The fourth-order valence-corrected chi connectivity index (χ4v) is 5.58. The lowest BCUT2D eigenvalue weighted by Crippen LogP contribution is -2.25. The van der Waals surface area contributed by atoms with Crippen LogP contribution in [0.4, 0.5) is 5.69 Å². The maximum absolute atomic E-state index is 12.6. The van der Waals surface area contributed by atoms with E-state index in [0.717, 1.165) is 16.9 Å². The molecule has 2 aromatic heterocycles. The first-order chi connectivity index (χ1) is 12.2. The normalized spacial score (nSPS) is 16.7. The molecular formula is C19H19NO4S2. The average Bonchev–Trinajstić information content (AvgIpc) is 3.13. The number of ketones is 1. The van der Waals surface area contributed by atoms with Crippen LogP contribution in [0.25, 0.3) is 11.0 Å². The lowest BCUT2D eigenvalue weighted by Gasteiger charge is -2.27. The number of anilines is 1. The van der Waals surface area contributed by atoms with Crippen molar-refractivity contribution in [3.05, 3.63) is 46.5 Å². The standard InChI is InChI=1S/C19H19NO4S2/c1-11-7-15-12(18-14(21)9-19(2,3)10-16(18)24-15)8-13(11)20-26(22,23)17-5-4-6-25-17/h4-8,20H,9-10H2,1-3H3. The molecule has 2 heterocycles. The first-order valence-electron chi connectivity index (χ1n) is 8.32. The predicted octanol–water partition coefficient (Wildman–Crippen LogP) is 4.76. The zero-order valence-electron chi connectivity index (χ0n) is 14.8. The average molecular weight is 389 g/mol. The fraction of sp³-hybridized carbons (Fsp3) is 0.316. The van der Waals surface area contributed by atoms with Crippen LogP contribution in [0.2, 0.25) is 0 Å². The van der Waals surface area contributed by atoms with Crippen LogP contribution >= 0.6 is 11.3 Å². The second kappa shape index (κ2) is 5.69. The highest BCUT2D eigenvalue weighted by molar-refractivity contribution is 7.94. The van der Waals surface area contributed by atoms with Crippen LogP contribution in [0.15, 0.2) is 38.3 Å². The minimum Gasteiger partial charge on any atom is -0.460 e.